The number of rotatable bonds is 2. The summed E-state index contributed by atoms with van der Waals surface area (Å²) >= 11 is 0. The second kappa shape index (κ2) is 5.22. The van der Waals surface area contributed by atoms with Crippen molar-refractivity contribution in [2.24, 2.45) is 5.92 Å². The maximum Gasteiger partial charge on any atom is 0.471 e. The van der Waals surface area contributed by atoms with E-state index in [1.807, 2.05) is 0 Å². The number of hydrogen-bond donors (Lipinski definition) is 0. The highest BCUT2D eigenvalue weighted by atomic mass is 19.4. The van der Waals surface area contributed by atoms with Gasteiger partial charge in [-0.25, -0.2) is 4.39 Å². The van der Waals surface area contributed by atoms with E-state index in [1.54, 1.807) is 0 Å². The smallest absolute Gasteiger partial charge is 0.327 e. The van der Waals surface area contributed by atoms with E-state index in [2.05, 4.69) is 0 Å². The molecule has 1 atom stereocenters. The van der Waals surface area contributed by atoms with Crippen LogP contribution in [0.25, 0.3) is 0 Å². The van der Waals surface area contributed by atoms with Gasteiger partial charge in [-0.1, -0.05) is 12.1 Å². The van der Waals surface area contributed by atoms with Crippen LogP contribution in [0.15, 0.2) is 24.3 Å². The van der Waals surface area contributed by atoms with E-state index in [0.717, 1.165) is 0 Å². The molecule has 0 aliphatic carbocycles. The quantitative estimate of drug-likeness (QED) is 0.780. The Bertz CT molecular complexity index is 524. The van der Waals surface area contributed by atoms with Gasteiger partial charge in [-0.2, -0.15) is 13.2 Å². The first kappa shape index (κ1) is 14.5. The molecule has 0 saturated carbocycles. The average molecular weight is 289 g/mol. The van der Waals surface area contributed by atoms with Gasteiger partial charge in [0.25, 0.3) is 0 Å². The lowest BCUT2D eigenvalue weighted by Crippen LogP contribution is -2.39. The molecular weight excluding hydrogens is 278 g/mol. The fourth-order valence-electron chi connectivity index (χ4n) is 2.17. The monoisotopic (exact) mass is 289 g/mol. The van der Waals surface area contributed by atoms with Gasteiger partial charge in [0.15, 0.2) is 5.78 Å². The molecule has 1 aromatic carbocycles. The third kappa shape index (κ3) is 3.15. The van der Waals surface area contributed by atoms with Gasteiger partial charge in [-0.15, -0.1) is 0 Å². The maximum atomic E-state index is 12.7. The van der Waals surface area contributed by atoms with Gasteiger partial charge < -0.3 is 4.90 Å². The standard InChI is InChI=1S/C13H11F4NO2/c14-10-3-1-8(2-4-10)5-9-6-18(7-11(9)19)12(20)13(15,16)17/h1-4,9H,5-7H2. The van der Waals surface area contributed by atoms with Crippen molar-refractivity contribution in [3.05, 3.63) is 35.6 Å². The Balaban J connectivity index is 2.03. The minimum Gasteiger partial charge on any atom is -0.327 e. The molecule has 20 heavy (non-hydrogen) atoms. The fourth-order valence-corrected chi connectivity index (χ4v) is 2.17. The Morgan fingerprint density at radius 1 is 1.25 bits per heavy atom. The summed E-state index contributed by atoms with van der Waals surface area (Å²) in [6.07, 6.45) is -4.77. The number of halogens is 4. The van der Waals surface area contributed by atoms with Crippen LogP contribution < -0.4 is 0 Å². The topological polar surface area (TPSA) is 37.4 Å². The lowest BCUT2D eigenvalue weighted by molar-refractivity contribution is -0.184. The van der Waals surface area contributed by atoms with E-state index >= 15 is 0 Å². The molecule has 3 nitrogen and oxygen atoms in total. The average Bonchev–Trinajstić information content (AvgIpc) is 2.71. The van der Waals surface area contributed by atoms with E-state index in [1.165, 1.54) is 24.3 Å². The molecule has 2 rings (SSSR count). The van der Waals surface area contributed by atoms with Crippen molar-refractivity contribution in [1.82, 2.24) is 4.90 Å². The van der Waals surface area contributed by atoms with E-state index in [9.17, 15) is 27.2 Å². The summed E-state index contributed by atoms with van der Waals surface area (Å²) in [6, 6.07) is 5.37. The summed E-state index contributed by atoms with van der Waals surface area (Å²) in [5, 5.41) is 0. The van der Waals surface area contributed by atoms with E-state index in [0.29, 0.717) is 10.5 Å². The third-order valence-corrected chi connectivity index (χ3v) is 3.17. The SMILES string of the molecule is O=C1CN(C(=O)C(F)(F)F)CC1Cc1ccc(F)cc1. The van der Waals surface area contributed by atoms with E-state index < -0.39 is 36.1 Å². The molecule has 0 bridgehead atoms. The fraction of sp³-hybridized carbons (Fsp3) is 0.385. The first-order valence-corrected chi connectivity index (χ1v) is 5.90. The zero-order valence-corrected chi connectivity index (χ0v) is 10.3. The summed E-state index contributed by atoms with van der Waals surface area (Å²) in [6.45, 7) is -0.779. The van der Waals surface area contributed by atoms with Crippen molar-refractivity contribution in [2.75, 3.05) is 13.1 Å². The first-order chi connectivity index (χ1) is 9.27. The van der Waals surface area contributed by atoms with E-state index in [4.69, 9.17) is 0 Å². The van der Waals surface area contributed by atoms with Gasteiger partial charge in [0.05, 0.1) is 6.54 Å². The Hall–Kier alpha value is -1.92. The lowest BCUT2D eigenvalue weighted by atomic mass is 9.98. The Morgan fingerprint density at radius 2 is 1.85 bits per heavy atom. The van der Waals surface area contributed by atoms with Gasteiger partial charge in [-0.05, 0) is 24.1 Å². The molecule has 1 fully saturated rings. The second-order valence-corrected chi connectivity index (χ2v) is 4.68. The number of amides is 1. The zero-order chi connectivity index (χ0) is 14.9. The summed E-state index contributed by atoms with van der Waals surface area (Å²) in [5.74, 6) is -3.51. The number of carbonyl (C=O) groups is 2. The minimum atomic E-state index is -4.97. The van der Waals surface area contributed by atoms with Gasteiger partial charge in [-0.3, -0.25) is 9.59 Å². The molecule has 1 unspecified atom stereocenters. The summed E-state index contributed by atoms with van der Waals surface area (Å²) in [5.41, 5.74) is 0.644. The van der Waals surface area contributed by atoms with Gasteiger partial charge >= 0.3 is 12.1 Å². The molecule has 7 heteroatoms. The predicted octanol–water partition coefficient (Wildman–Crippen LogP) is 1.96. The Morgan fingerprint density at radius 3 is 2.40 bits per heavy atom. The summed E-state index contributed by atoms with van der Waals surface area (Å²) < 4.78 is 49.6. The molecule has 1 aromatic rings. The van der Waals surface area contributed by atoms with Crippen molar-refractivity contribution >= 4 is 11.7 Å². The third-order valence-electron chi connectivity index (χ3n) is 3.17. The molecule has 0 spiro atoms. The number of alkyl halides is 3. The molecule has 1 amide bonds. The summed E-state index contributed by atoms with van der Waals surface area (Å²) in [7, 11) is 0. The number of Topliss-reactive ketones (excluding diaryl/α,β-unsaturated/α-hetero) is 1. The van der Waals surface area contributed by atoms with Gasteiger partial charge in [0, 0.05) is 12.5 Å². The van der Waals surface area contributed by atoms with Crippen LogP contribution in [0.4, 0.5) is 17.6 Å². The van der Waals surface area contributed by atoms with Crippen molar-refractivity contribution in [3.63, 3.8) is 0 Å². The van der Waals surface area contributed by atoms with Gasteiger partial charge in [0.1, 0.15) is 5.82 Å². The van der Waals surface area contributed by atoms with Crippen LogP contribution in [0.1, 0.15) is 5.56 Å². The Labute approximate surface area is 112 Å². The first-order valence-electron chi connectivity index (χ1n) is 5.90. The molecule has 1 aliphatic rings. The molecular formula is C13H11F4NO2. The van der Waals surface area contributed by atoms with Crippen LogP contribution in [-0.2, 0) is 16.0 Å². The second-order valence-electron chi connectivity index (χ2n) is 4.68. The maximum absolute atomic E-state index is 12.7. The van der Waals surface area contributed by atoms with Crippen LogP contribution in [0.3, 0.4) is 0 Å². The van der Waals surface area contributed by atoms with Crippen LogP contribution in [-0.4, -0.2) is 35.9 Å². The van der Waals surface area contributed by atoms with Crippen molar-refractivity contribution in [3.8, 4) is 0 Å². The van der Waals surface area contributed by atoms with Crippen LogP contribution in [0.5, 0.6) is 0 Å². The zero-order valence-electron chi connectivity index (χ0n) is 10.3. The molecule has 108 valence electrons. The van der Waals surface area contributed by atoms with Crippen molar-refractivity contribution < 1.29 is 27.2 Å². The number of benzene rings is 1. The number of likely N-dealkylation sites (tertiary alicyclic amines) is 1. The molecule has 1 aliphatic heterocycles. The van der Waals surface area contributed by atoms with Crippen LogP contribution in [0, 0.1) is 11.7 Å². The highest BCUT2D eigenvalue weighted by Crippen LogP contribution is 2.24. The predicted molar refractivity (Wildman–Crippen MR) is 61.2 cm³/mol. The number of ketones is 1. The highest BCUT2D eigenvalue weighted by Gasteiger charge is 2.46. The van der Waals surface area contributed by atoms with Crippen molar-refractivity contribution in [2.45, 2.75) is 12.6 Å². The molecule has 1 saturated heterocycles. The van der Waals surface area contributed by atoms with Gasteiger partial charge in [0.2, 0.25) is 0 Å². The Kier molecular flexibility index (Phi) is 3.78. The van der Waals surface area contributed by atoms with Crippen LogP contribution >= 0.6 is 0 Å². The van der Waals surface area contributed by atoms with Crippen LogP contribution in [0.2, 0.25) is 0 Å². The normalized spacial score (nSPS) is 19.5. The molecule has 0 aromatic heterocycles. The minimum absolute atomic E-state index is 0.195. The van der Waals surface area contributed by atoms with E-state index in [-0.39, 0.29) is 13.0 Å². The molecule has 1 heterocycles. The van der Waals surface area contributed by atoms with Crippen molar-refractivity contribution in [1.29, 1.82) is 0 Å². The number of carbonyl (C=O) groups excluding carboxylic acids is 2. The number of nitrogens with zero attached hydrogens (tertiary/aromatic N) is 1. The molecule has 0 N–H and O–H groups in total. The molecule has 0 radical (unpaired) electrons. The highest BCUT2D eigenvalue weighted by molar-refractivity contribution is 5.93. The number of hydrogen-bond acceptors (Lipinski definition) is 2. The summed E-state index contributed by atoms with van der Waals surface area (Å²) in [4.78, 5) is 23.2. The largest absolute Gasteiger partial charge is 0.471 e. The lowest BCUT2D eigenvalue weighted by Gasteiger charge is -2.16.